The van der Waals surface area contributed by atoms with Crippen molar-refractivity contribution in [1.29, 1.82) is 0 Å². The molecule has 2 N–H and O–H groups in total. The number of rotatable bonds is 6. The molecular formula is C24H24N2O3. The monoisotopic (exact) mass is 388 g/mol. The zero-order valence-electron chi connectivity index (χ0n) is 16.6. The van der Waals surface area contributed by atoms with Crippen LogP contribution in [0.4, 0.5) is 5.69 Å². The van der Waals surface area contributed by atoms with E-state index in [1.807, 2.05) is 43.3 Å². The first-order valence-electron chi connectivity index (χ1n) is 9.83. The summed E-state index contributed by atoms with van der Waals surface area (Å²) in [6, 6.07) is 19.2. The fourth-order valence-corrected chi connectivity index (χ4v) is 3.24. The molecule has 148 valence electrons. The molecule has 0 radical (unpaired) electrons. The molecule has 1 aliphatic carbocycles. The fraction of sp³-hybridized carbons (Fsp3) is 0.250. The molecule has 29 heavy (non-hydrogen) atoms. The largest absolute Gasteiger partial charge is 0.497 e. The van der Waals surface area contributed by atoms with Crippen molar-refractivity contribution >= 4 is 28.3 Å². The SMILES string of the molecule is COc1ccc2cc([C@@H](C)C(=O)Nc3ccc(C(=O)NC4CC4)cc3)ccc2c1. The fourth-order valence-electron chi connectivity index (χ4n) is 3.24. The Balaban J connectivity index is 1.43. The van der Waals surface area contributed by atoms with Gasteiger partial charge in [0.25, 0.3) is 5.91 Å². The van der Waals surface area contributed by atoms with Gasteiger partial charge in [0.05, 0.1) is 13.0 Å². The molecule has 5 heteroatoms. The molecule has 0 saturated heterocycles. The quantitative estimate of drug-likeness (QED) is 0.654. The number of hydrogen-bond donors (Lipinski definition) is 2. The van der Waals surface area contributed by atoms with Gasteiger partial charge in [-0.2, -0.15) is 0 Å². The number of methoxy groups -OCH3 is 1. The highest BCUT2D eigenvalue weighted by Crippen LogP contribution is 2.26. The van der Waals surface area contributed by atoms with Gasteiger partial charge in [0, 0.05) is 17.3 Å². The Hall–Kier alpha value is -3.34. The maximum atomic E-state index is 12.7. The summed E-state index contributed by atoms with van der Waals surface area (Å²) in [5.41, 5.74) is 2.23. The van der Waals surface area contributed by atoms with Crippen molar-refractivity contribution < 1.29 is 14.3 Å². The minimum Gasteiger partial charge on any atom is -0.497 e. The highest BCUT2D eigenvalue weighted by Gasteiger charge is 2.23. The van der Waals surface area contributed by atoms with Crippen molar-refractivity contribution in [1.82, 2.24) is 5.32 Å². The first-order valence-corrected chi connectivity index (χ1v) is 9.83. The highest BCUT2D eigenvalue weighted by atomic mass is 16.5. The van der Waals surface area contributed by atoms with E-state index < -0.39 is 0 Å². The summed E-state index contributed by atoms with van der Waals surface area (Å²) in [6.07, 6.45) is 2.11. The first-order chi connectivity index (χ1) is 14.0. The molecule has 1 saturated carbocycles. The second kappa shape index (κ2) is 7.95. The minimum atomic E-state index is -0.306. The highest BCUT2D eigenvalue weighted by molar-refractivity contribution is 5.98. The third-order valence-electron chi connectivity index (χ3n) is 5.29. The molecule has 1 fully saturated rings. The predicted molar refractivity (Wildman–Crippen MR) is 114 cm³/mol. The molecule has 0 unspecified atom stereocenters. The van der Waals surface area contributed by atoms with Gasteiger partial charge < -0.3 is 15.4 Å². The van der Waals surface area contributed by atoms with Crippen LogP contribution in [0.15, 0.2) is 60.7 Å². The summed E-state index contributed by atoms with van der Waals surface area (Å²) in [5.74, 6) is 0.351. The third-order valence-corrected chi connectivity index (χ3v) is 5.29. The molecule has 1 aliphatic rings. The van der Waals surface area contributed by atoms with E-state index >= 15 is 0 Å². The van der Waals surface area contributed by atoms with Gasteiger partial charge in [0.1, 0.15) is 5.75 Å². The van der Waals surface area contributed by atoms with Crippen molar-refractivity contribution in [2.45, 2.75) is 31.7 Å². The summed E-state index contributed by atoms with van der Waals surface area (Å²) < 4.78 is 5.26. The Morgan fingerprint density at radius 3 is 2.34 bits per heavy atom. The van der Waals surface area contributed by atoms with Crippen LogP contribution < -0.4 is 15.4 Å². The Kier molecular flexibility index (Phi) is 5.21. The topological polar surface area (TPSA) is 67.4 Å². The normalized spacial score (nSPS) is 14.3. The van der Waals surface area contributed by atoms with Crippen molar-refractivity contribution in [2.75, 3.05) is 12.4 Å². The van der Waals surface area contributed by atoms with Crippen LogP contribution in [0, 0.1) is 0 Å². The summed E-state index contributed by atoms with van der Waals surface area (Å²) in [7, 11) is 1.65. The zero-order chi connectivity index (χ0) is 20.4. The maximum Gasteiger partial charge on any atom is 0.251 e. The summed E-state index contributed by atoms with van der Waals surface area (Å²) in [4.78, 5) is 24.8. The summed E-state index contributed by atoms with van der Waals surface area (Å²) >= 11 is 0. The average Bonchev–Trinajstić information content (AvgIpc) is 3.56. The number of carbonyl (C=O) groups excluding carboxylic acids is 2. The second-order valence-corrected chi connectivity index (χ2v) is 7.51. The zero-order valence-corrected chi connectivity index (χ0v) is 16.6. The van der Waals surface area contributed by atoms with Crippen LogP contribution in [0.1, 0.15) is 41.6 Å². The smallest absolute Gasteiger partial charge is 0.251 e. The first kappa shape index (κ1) is 19.0. The van der Waals surface area contributed by atoms with Gasteiger partial charge >= 0.3 is 0 Å². The predicted octanol–water partition coefficient (Wildman–Crippen LogP) is 4.48. The molecule has 3 aromatic rings. The molecule has 2 amide bonds. The van der Waals surface area contributed by atoms with Crippen molar-refractivity contribution in [2.24, 2.45) is 0 Å². The number of nitrogens with one attached hydrogen (secondary N) is 2. The van der Waals surface area contributed by atoms with E-state index in [0.717, 1.165) is 34.9 Å². The third kappa shape index (κ3) is 4.40. The Bertz CT molecular complexity index is 1060. The average molecular weight is 388 g/mol. The lowest BCUT2D eigenvalue weighted by atomic mass is 9.97. The molecule has 0 aromatic heterocycles. The lowest BCUT2D eigenvalue weighted by Gasteiger charge is -2.14. The Labute approximate surface area is 170 Å². The minimum absolute atomic E-state index is 0.0634. The van der Waals surface area contributed by atoms with Crippen LogP contribution in [-0.2, 0) is 4.79 Å². The van der Waals surface area contributed by atoms with Gasteiger partial charge in [-0.15, -0.1) is 0 Å². The Morgan fingerprint density at radius 2 is 1.66 bits per heavy atom. The molecule has 3 aromatic carbocycles. The molecule has 0 heterocycles. The Morgan fingerprint density at radius 1 is 0.966 bits per heavy atom. The van der Waals surface area contributed by atoms with Crippen LogP contribution >= 0.6 is 0 Å². The van der Waals surface area contributed by atoms with Crippen LogP contribution in [0.25, 0.3) is 10.8 Å². The van der Waals surface area contributed by atoms with Gasteiger partial charge in [-0.05, 0) is 72.5 Å². The van der Waals surface area contributed by atoms with Crippen LogP contribution in [0.5, 0.6) is 5.75 Å². The summed E-state index contributed by atoms with van der Waals surface area (Å²) in [5, 5.41) is 8.03. The molecule has 0 spiro atoms. The molecule has 0 bridgehead atoms. The van der Waals surface area contributed by atoms with Crippen LogP contribution in [-0.4, -0.2) is 25.0 Å². The number of anilines is 1. The van der Waals surface area contributed by atoms with E-state index in [1.165, 1.54) is 0 Å². The maximum absolute atomic E-state index is 12.7. The molecular weight excluding hydrogens is 364 g/mol. The van der Waals surface area contributed by atoms with Crippen LogP contribution in [0.2, 0.25) is 0 Å². The van der Waals surface area contributed by atoms with Crippen molar-refractivity contribution in [3.8, 4) is 5.75 Å². The molecule has 5 nitrogen and oxygen atoms in total. The van der Waals surface area contributed by atoms with E-state index in [1.54, 1.807) is 31.4 Å². The summed E-state index contributed by atoms with van der Waals surface area (Å²) in [6.45, 7) is 1.89. The van der Waals surface area contributed by atoms with E-state index in [4.69, 9.17) is 4.74 Å². The van der Waals surface area contributed by atoms with Gasteiger partial charge in [-0.25, -0.2) is 0 Å². The van der Waals surface area contributed by atoms with Gasteiger partial charge in [0.2, 0.25) is 5.91 Å². The number of fused-ring (bicyclic) bond motifs is 1. The number of benzene rings is 3. The lowest BCUT2D eigenvalue weighted by molar-refractivity contribution is -0.117. The number of ether oxygens (including phenoxy) is 1. The molecule has 0 aliphatic heterocycles. The van der Waals surface area contributed by atoms with Gasteiger partial charge in [0.15, 0.2) is 0 Å². The number of amides is 2. The van der Waals surface area contributed by atoms with E-state index in [0.29, 0.717) is 17.3 Å². The number of hydrogen-bond acceptors (Lipinski definition) is 3. The van der Waals surface area contributed by atoms with E-state index in [2.05, 4.69) is 10.6 Å². The second-order valence-electron chi connectivity index (χ2n) is 7.51. The lowest BCUT2D eigenvalue weighted by Crippen LogP contribution is -2.25. The standard InChI is InChI=1S/C24H24N2O3/c1-15(17-3-4-19-14-22(29-2)12-7-18(19)13-17)23(27)25-20-8-5-16(6-9-20)24(28)26-21-10-11-21/h3-9,12-15,21H,10-11H2,1-2H3,(H,25,27)(H,26,28)/t15-/m1/s1. The molecule has 4 rings (SSSR count). The van der Waals surface area contributed by atoms with Crippen molar-refractivity contribution in [3.05, 3.63) is 71.8 Å². The van der Waals surface area contributed by atoms with E-state index in [-0.39, 0.29) is 17.7 Å². The van der Waals surface area contributed by atoms with Gasteiger partial charge in [-0.1, -0.05) is 24.3 Å². The van der Waals surface area contributed by atoms with Crippen molar-refractivity contribution in [3.63, 3.8) is 0 Å². The number of carbonyl (C=O) groups is 2. The van der Waals surface area contributed by atoms with Gasteiger partial charge in [-0.3, -0.25) is 9.59 Å². The molecule has 1 atom stereocenters. The van der Waals surface area contributed by atoms with Crippen LogP contribution in [0.3, 0.4) is 0 Å². The van der Waals surface area contributed by atoms with E-state index in [9.17, 15) is 9.59 Å².